The molecule has 5 N–H and O–H groups in total. The number of ether oxygens (including phenoxy) is 2. The quantitative estimate of drug-likeness (QED) is 0.118. The van der Waals surface area contributed by atoms with E-state index in [2.05, 4.69) is 57.1 Å². The van der Waals surface area contributed by atoms with Crippen molar-refractivity contribution in [2.24, 2.45) is 11.8 Å². The second kappa shape index (κ2) is 16.4. The van der Waals surface area contributed by atoms with E-state index >= 15 is 0 Å². The van der Waals surface area contributed by atoms with Crippen LogP contribution in [-0.4, -0.2) is 92.1 Å². The molecule has 5 atom stereocenters. The van der Waals surface area contributed by atoms with Crippen LogP contribution in [0.25, 0.3) is 33.3 Å². The minimum Gasteiger partial charge on any atom is -0.453 e. The molecule has 53 heavy (non-hydrogen) atoms. The standard InChI is InChI=1S/C39H52N8O6/c1-22(2)33(44-38(50)52-5)37(49)46-17-9-12-32(46)35-41-21-31(43-35)27-16-14-24-18-26(15-13-25(24)19-27)30-20-40-34(42-30)28-10-7-8-11-29(28)36(48)47(23(3)4)45-39(51)53-6/h13-16,18-23,28-29,32-33,37,49H,7-12,17H2,1-6H3,(H,40,42)(H,41,43)(H,44,50)(H,45,51)/t28?,29?,32?,33-,37?/m0/s1. The van der Waals surface area contributed by atoms with Crippen molar-refractivity contribution in [2.45, 2.75) is 96.5 Å². The summed E-state index contributed by atoms with van der Waals surface area (Å²) in [6.07, 6.45) is 6.76. The summed E-state index contributed by atoms with van der Waals surface area (Å²) in [5.74, 6) is 0.998. The van der Waals surface area contributed by atoms with E-state index in [1.807, 2.05) is 45.0 Å². The highest BCUT2D eigenvalue weighted by atomic mass is 16.5. The van der Waals surface area contributed by atoms with E-state index in [-0.39, 0.29) is 35.7 Å². The Morgan fingerprint density at radius 2 is 1.45 bits per heavy atom. The fourth-order valence-corrected chi connectivity index (χ4v) is 7.81. The zero-order valence-electron chi connectivity index (χ0n) is 31.4. The van der Waals surface area contributed by atoms with Gasteiger partial charge in [0.25, 0.3) is 0 Å². The van der Waals surface area contributed by atoms with Gasteiger partial charge in [0.05, 0.1) is 50.1 Å². The van der Waals surface area contributed by atoms with Crippen LogP contribution < -0.4 is 10.7 Å². The summed E-state index contributed by atoms with van der Waals surface area (Å²) in [7, 11) is 2.60. The van der Waals surface area contributed by atoms with E-state index in [9.17, 15) is 19.5 Å². The van der Waals surface area contributed by atoms with Gasteiger partial charge in [-0.05, 0) is 68.4 Å². The van der Waals surface area contributed by atoms with Gasteiger partial charge in [0.1, 0.15) is 17.9 Å². The average Bonchev–Trinajstić information content (AvgIpc) is 3.96. The molecule has 2 aromatic heterocycles. The smallest absolute Gasteiger partial charge is 0.425 e. The minimum absolute atomic E-state index is 0.00919. The van der Waals surface area contributed by atoms with Crippen LogP contribution in [0.4, 0.5) is 9.59 Å². The Kier molecular flexibility index (Phi) is 11.7. The average molecular weight is 729 g/mol. The van der Waals surface area contributed by atoms with Gasteiger partial charge in [-0.15, -0.1) is 0 Å². The Hall–Kier alpha value is -4.95. The lowest BCUT2D eigenvalue weighted by Crippen LogP contribution is -2.54. The topological polar surface area (TPSA) is 178 Å². The van der Waals surface area contributed by atoms with Crippen molar-refractivity contribution >= 4 is 28.9 Å². The molecule has 0 spiro atoms. The summed E-state index contributed by atoms with van der Waals surface area (Å²) in [5, 5.41) is 17.7. The Balaban J connectivity index is 1.17. The van der Waals surface area contributed by atoms with Crippen molar-refractivity contribution in [1.29, 1.82) is 0 Å². The molecular formula is C39H52N8O6. The molecular weight excluding hydrogens is 676 g/mol. The summed E-state index contributed by atoms with van der Waals surface area (Å²) < 4.78 is 9.56. The van der Waals surface area contributed by atoms with Crippen LogP contribution in [0, 0.1) is 11.8 Å². The first kappa shape index (κ1) is 37.8. The number of likely N-dealkylation sites (tertiary alicyclic amines) is 1. The SMILES string of the molecule is COC(=O)N[C@@H](C(C)C)C(O)N1CCCC1c1ncc(-c2ccc3cc(-c4cnc(C5CCCCC5C(=O)N(NC(=O)OC)C(C)C)[nH]4)ccc3c2)[nH]1. The number of benzene rings is 2. The number of imidazole rings is 2. The first-order valence-electron chi connectivity index (χ1n) is 18.6. The molecule has 4 aromatic rings. The molecule has 1 aliphatic heterocycles. The molecule has 2 aromatic carbocycles. The number of fused-ring (bicyclic) bond motifs is 1. The highest BCUT2D eigenvalue weighted by Crippen LogP contribution is 2.39. The number of rotatable bonds is 10. The molecule has 4 unspecified atom stereocenters. The largest absolute Gasteiger partial charge is 0.453 e. The normalized spacial score (nSPS) is 20.4. The summed E-state index contributed by atoms with van der Waals surface area (Å²) >= 11 is 0. The number of hydrazine groups is 1. The molecule has 0 radical (unpaired) electrons. The van der Waals surface area contributed by atoms with Gasteiger partial charge >= 0.3 is 12.2 Å². The van der Waals surface area contributed by atoms with Crippen LogP contribution in [-0.2, 0) is 14.3 Å². The molecule has 284 valence electrons. The summed E-state index contributed by atoms with van der Waals surface area (Å²) in [5.41, 5.74) is 6.33. The number of aliphatic hydroxyl groups excluding tert-OH is 1. The van der Waals surface area contributed by atoms with E-state index in [0.29, 0.717) is 6.54 Å². The molecule has 1 saturated heterocycles. The summed E-state index contributed by atoms with van der Waals surface area (Å²) in [6, 6.07) is 11.7. The molecule has 2 fully saturated rings. The van der Waals surface area contributed by atoms with Crippen LogP contribution in [0.5, 0.6) is 0 Å². The highest BCUT2D eigenvalue weighted by molar-refractivity contribution is 5.90. The maximum atomic E-state index is 13.7. The van der Waals surface area contributed by atoms with E-state index in [0.717, 1.165) is 83.5 Å². The van der Waals surface area contributed by atoms with Gasteiger partial charge < -0.3 is 29.9 Å². The van der Waals surface area contributed by atoms with E-state index in [1.54, 1.807) is 0 Å². The van der Waals surface area contributed by atoms with Crippen LogP contribution in [0.3, 0.4) is 0 Å². The number of aliphatic hydroxyl groups is 1. The monoisotopic (exact) mass is 728 g/mol. The van der Waals surface area contributed by atoms with Crippen molar-refractivity contribution in [3.05, 3.63) is 60.4 Å². The van der Waals surface area contributed by atoms with Gasteiger partial charge in [-0.3, -0.25) is 9.69 Å². The van der Waals surface area contributed by atoms with Gasteiger partial charge in [-0.2, -0.15) is 0 Å². The van der Waals surface area contributed by atoms with Gasteiger partial charge in [0.2, 0.25) is 5.91 Å². The van der Waals surface area contributed by atoms with E-state index < -0.39 is 24.5 Å². The Bertz CT molecular complexity index is 1910. The summed E-state index contributed by atoms with van der Waals surface area (Å²) in [4.78, 5) is 56.2. The number of H-pyrrole nitrogens is 2. The van der Waals surface area contributed by atoms with Gasteiger partial charge in [-0.1, -0.05) is 51.0 Å². The molecule has 1 aliphatic carbocycles. The number of carbonyl (C=O) groups is 3. The van der Waals surface area contributed by atoms with Crippen molar-refractivity contribution in [2.75, 3.05) is 20.8 Å². The maximum absolute atomic E-state index is 13.7. The molecule has 1 saturated carbocycles. The Morgan fingerprint density at radius 3 is 2.06 bits per heavy atom. The predicted octanol–water partition coefficient (Wildman–Crippen LogP) is 6.24. The third-order valence-electron chi connectivity index (χ3n) is 10.7. The predicted molar refractivity (Wildman–Crippen MR) is 200 cm³/mol. The number of hydrogen-bond acceptors (Lipinski definition) is 9. The van der Waals surface area contributed by atoms with Gasteiger partial charge in [0.15, 0.2) is 0 Å². The van der Waals surface area contributed by atoms with Crippen LogP contribution >= 0.6 is 0 Å². The third kappa shape index (κ3) is 8.18. The lowest BCUT2D eigenvalue weighted by atomic mass is 9.78. The molecule has 3 amide bonds. The zero-order valence-corrected chi connectivity index (χ0v) is 31.4. The first-order valence-corrected chi connectivity index (χ1v) is 18.6. The molecule has 14 heteroatoms. The fourth-order valence-electron chi connectivity index (χ4n) is 7.81. The number of nitrogens with one attached hydrogen (secondary N) is 4. The lowest BCUT2D eigenvalue weighted by Gasteiger charge is -2.35. The number of alkyl carbamates (subject to hydrolysis) is 1. The second-order valence-electron chi connectivity index (χ2n) is 14.8. The number of hydrogen-bond donors (Lipinski definition) is 5. The molecule has 14 nitrogen and oxygen atoms in total. The molecule has 0 bridgehead atoms. The van der Waals surface area contributed by atoms with E-state index in [1.165, 1.54) is 19.2 Å². The van der Waals surface area contributed by atoms with Crippen molar-refractivity contribution < 1.29 is 29.0 Å². The zero-order chi connectivity index (χ0) is 37.8. The Morgan fingerprint density at radius 1 is 0.849 bits per heavy atom. The van der Waals surface area contributed by atoms with E-state index in [4.69, 9.17) is 19.4 Å². The van der Waals surface area contributed by atoms with Crippen LogP contribution in [0.15, 0.2) is 48.8 Å². The molecule has 2 aliphatic rings. The molecule has 6 rings (SSSR count). The first-order chi connectivity index (χ1) is 25.5. The lowest BCUT2D eigenvalue weighted by molar-refractivity contribution is -0.142. The van der Waals surface area contributed by atoms with Crippen LogP contribution in [0.2, 0.25) is 0 Å². The second-order valence-corrected chi connectivity index (χ2v) is 14.8. The third-order valence-corrected chi connectivity index (χ3v) is 10.7. The highest BCUT2D eigenvalue weighted by Gasteiger charge is 2.39. The number of methoxy groups -OCH3 is 2. The number of aromatic nitrogens is 4. The Labute approximate surface area is 310 Å². The van der Waals surface area contributed by atoms with Crippen molar-refractivity contribution in [3.63, 3.8) is 0 Å². The minimum atomic E-state index is -0.895. The molecule has 3 heterocycles. The maximum Gasteiger partial charge on any atom is 0.425 e. The number of nitrogens with zero attached hydrogens (tertiary/aromatic N) is 4. The van der Waals surface area contributed by atoms with Gasteiger partial charge in [0, 0.05) is 35.5 Å². The van der Waals surface area contributed by atoms with Crippen LogP contribution in [0.1, 0.15) is 89.8 Å². The summed E-state index contributed by atoms with van der Waals surface area (Å²) in [6.45, 7) is 8.33. The number of carbonyl (C=O) groups excluding carboxylic acids is 3. The van der Waals surface area contributed by atoms with Crippen molar-refractivity contribution in [3.8, 4) is 22.5 Å². The number of amides is 3. The fraction of sp³-hybridized carbons (Fsp3) is 0.513. The van der Waals surface area contributed by atoms with Crippen molar-refractivity contribution in [1.82, 2.24) is 40.6 Å². The van der Waals surface area contributed by atoms with Gasteiger partial charge in [-0.25, -0.2) is 30.0 Å². The number of aromatic amines is 2.